The fourth-order valence-corrected chi connectivity index (χ4v) is 4.36. The van der Waals surface area contributed by atoms with Gasteiger partial charge in [0.1, 0.15) is 0 Å². The van der Waals surface area contributed by atoms with E-state index in [2.05, 4.69) is 6.92 Å². The van der Waals surface area contributed by atoms with E-state index in [0.717, 1.165) is 13.0 Å². The van der Waals surface area contributed by atoms with Crippen LogP contribution in [-0.4, -0.2) is 62.9 Å². The highest BCUT2D eigenvalue weighted by atomic mass is 16.5. The number of fused-ring (bicyclic) bond motifs is 1. The van der Waals surface area contributed by atoms with Gasteiger partial charge in [-0.25, -0.2) is 0 Å². The molecule has 0 radical (unpaired) electrons. The van der Waals surface area contributed by atoms with E-state index < -0.39 is 0 Å². The molecule has 0 unspecified atom stereocenters. The number of rotatable bonds is 23. The molecule has 0 aromatic heterocycles. The maximum Gasteiger partial charge on any atom is 0.261 e. The van der Waals surface area contributed by atoms with Crippen LogP contribution in [0.5, 0.6) is 0 Å². The summed E-state index contributed by atoms with van der Waals surface area (Å²) in [6.07, 6.45) is 17.6. The number of imide groups is 1. The number of amides is 2. The Hall–Kier alpha value is -1.76. The zero-order valence-electron chi connectivity index (χ0n) is 21.9. The van der Waals surface area contributed by atoms with E-state index in [-0.39, 0.29) is 18.4 Å². The highest BCUT2D eigenvalue weighted by molar-refractivity contribution is 6.21. The first-order chi connectivity index (χ1) is 17.3. The van der Waals surface area contributed by atoms with Gasteiger partial charge >= 0.3 is 0 Å². The van der Waals surface area contributed by atoms with Gasteiger partial charge < -0.3 is 14.2 Å². The van der Waals surface area contributed by atoms with Crippen molar-refractivity contribution in [3.63, 3.8) is 0 Å². The molecule has 0 aliphatic carbocycles. The van der Waals surface area contributed by atoms with Gasteiger partial charge in [0, 0.05) is 6.61 Å². The molecule has 0 N–H and O–H groups in total. The molecule has 35 heavy (non-hydrogen) atoms. The minimum atomic E-state index is -0.244. The summed E-state index contributed by atoms with van der Waals surface area (Å²) >= 11 is 0. The van der Waals surface area contributed by atoms with Gasteiger partial charge in [-0.05, 0) is 18.6 Å². The number of benzene rings is 1. The summed E-state index contributed by atoms with van der Waals surface area (Å²) in [6.45, 7) is 5.71. The lowest BCUT2D eigenvalue weighted by atomic mass is 10.0. The van der Waals surface area contributed by atoms with Crippen molar-refractivity contribution in [1.82, 2.24) is 4.90 Å². The molecule has 0 fully saturated rings. The largest absolute Gasteiger partial charge is 0.379 e. The van der Waals surface area contributed by atoms with Crippen molar-refractivity contribution < 1.29 is 23.8 Å². The van der Waals surface area contributed by atoms with Gasteiger partial charge in [-0.15, -0.1) is 0 Å². The number of nitrogens with zero attached hydrogens (tertiary/aromatic N) is 1. The molecule has 0 bridgehead atoms. The SMILES string of the molecule is CCCCCCCCCCCCCCCOCCOCCOCCN1C(=O)c2ccccc2C1=O. The van der Waals surface area contributed by atoms with Crippen molar-refractivity contribution in [3.05, 3.63) is 35.4 Å². The Kier molecular flexibility index (Phi) is 16.4. The highest BCUT2D eigenvalue weighted by Crippen LogP contribution is 2.21. The second-order valence-electron chi connectivity index (χ2n) is 9.39. The van der Waals surface area contributed by atoms with E-state index >= 15 is 0 Å². The quantitative estimate of drug-likeness (QED) is 0.131. The molecule has 2 rings (SSSR count). The van der Waals surface area contributed by atoms with Crippen LogP contribution >= 0.6 is 0 Å². The molecule has 1 aromatic rings. The summed E-state index contributed by atoms with van der Waals surface area (Å²) in [5.41, 5.74) is 0.944. The molecule has 2 amide bonds. The lowest BCUT2D eigenvalue weighted by molar-refractivity contribution is 0.0106. The van der Waals surface area contributed by atoms with E-state index in [1.165, 1.54) is 81.9 Å². The predicted molar refractivity (Wildman–Crippen MR) is 140 cm³/mol. The second kappa shape index (κ2) is 19.4. The van der Waals surface area contributed by atoms with Crippen LogP contribution in [0.4, 0.5) is 0 Å². The zero-order valence-corrected chi connectivity index (χ0v) is 21.9. The van der Waals surface area contributed by atoms with Gasteiger partial charge in [-0.1, -0.05) is 96.1 Å². The van der Waals surface area contributed by atoms with E-state index in [0.29, 0.717) is 44.2 Å². The first kappa shape index (κ1) is 29.5. The maximum atomic E-state index is 12.3. The lowest BCUT2D eigenvalue weighted by Crippen LogP contribution is -2.33. The van der Waals surface area contributed by atoms with Crippen LogP contribution in [0.1, 0.15) is 111 Å². The third-order valence-corrected chi connectivity index (χ3v) is 6.47. The fraction of sp³-hybridized carbons (Fsp3) is 0.724. The van der Waals surface area contributed by atoms with E-state index in [1.54, 1.807) is 24.3 Å². The molecule has 0 saturated carbocycles. The van der Waals surface area contributed by atoms with Gasteiger partial charge in [0.05, 0.1) is 50.7 Å². The van der Waals surface area contributed by atoms with E-state index in [9.17, 15) is 9.59 Å². The normalized spacial score (nSPS) is 13.1. The molecule has 1 heterocycles. The fourth-order valence-electron chi connectivity index (χ4n) is 4.36. The van der Waals surface area contributed by atoms with Crippen molar-refractivity contribution in [1.29, 1.82) is 0 Å². The summed E-state index contributed by atoms with van der Waals surface area (Å²) in [6, 6.07) is 6.91. The van der Waals surface area contributed by atoms with Crippen molar-refractivity contribution >= 4 is 11.8 Å². The number of carbonyl (C=O) groups is 2. The molecule has 6 nitrogen and oxygen atoms in total. The first-order valence-corrected chi connectivity index (χ1v) is 13.9. The smallest absolute Gasteiger partial charge is 0.261 e. The molecule has 198 valence electrons. The highest BCUT2D eigenvalue weighted by Gasteiger charge is 2.34. The Bertz CT molecular complexity index is 673. The summed E-state index contributed by atoms with van der Waals surface area (Å²) < 4.78 is 16.7. The second-order valence-corrected chi connectivity index (χ2v) is 9.39. The minimum absolute atomic E-state index is 0.244. The third kappa shape index (κ3) is 12.2. The number of hydrogen-bond donors (Lipinski definition) is 0. The van der Waals surface area contributed by atoms with E-state index in [4.69, 9.17) is 14.2 Å². The Morgan fingerprint density at radius 1 is 0.543 bits per heavy atom. The molecule has 1 aliphatic rings. The molecule has 0 atom stereocenters. The van der Waals surface area contributed by atoms with Crippen LogP contribution in [0.3, 0.4) is 0 Å². The predicted octanol–water partition coefficient (Wildman–Crippen LogP) is 6.42. The van der Waals surface area contributed by atoms with Crippen LogP contribution in [-0.2, 0) is 14.2 Å². The summed E-state index contributed by atoms with van der Waals surface area (Å²) in [5.74, 6) is -0.489. The monoisotopic (exact) mass is 489 g/mol. The van der Waals surface area contributed by atoms with Crippen LogP contribution in [0, 0.1) is 0 Å². The average Bonchev–Trinajstić information content (AvgIpc) is 3.12. The molecule has 0 spiro atoms. The first-order valence-electron chi connectivity index (χ1n) is 13.9. The molecule has 1 aliphatic heterocycles. The zero-order chi connectivity index (χ0) is 25.0. The molecule has 1 aromatic carbocycles. The molecular formula is C29H47NO5. The van der Waals surface area contributed by atoms with Gasteiger partial charge in [0.25, 0.3) is 11.8 Å². The Balaban J connectivity index is 1.27. The standard InChI is InChI=1S/C29H47NO5/c1-2-3-4-5-6-7-8-9-10-11-12-13-16-20-33-22-24-35-25-23-34-21-19-30-28(31)26-17-14-15-18-27(26)29(30)32/h14-15,17-18H,2-13,16,19-25H2,1H3. The van der Waals surface area contributed by atoms with Gasteiger partial charge in [-0.3, -0.25) is 14.5 Å². The van der Waals surface area contributed by atoms with Crippen molar-refractivity contribution in [3.8, 4) is 0 Å². The van der Waals surface area contributed by atoms with Crippen LogP contribution in [0.15, 0.2) is 24.3 Å². The van der Waals surface area contributed by atoms with Gasteiger partial charge in [-0.2, -0.15) is 0 Å². The maximum absolute atomic E-state index is 12.3. The number of ether oxygens (including phenoxy) is 3. The number of carbonyl (C=O) groups excluding carboxylic acids is 2. The summed E-state index contributed by atoms with van der Waals surface area (Å²) in [4.78, 5) is 25.8. The van der Waals surface area contributed by atoms with Crippen molar-refractivity contribution in [2.24, 2.45) is 0 Å². The average molecular weight is 490 g/mol. The minimum Gasteiger partial charge on any atom is -0.379 e. The van der Waals surface area contributed by atoms with Crippen molar-refractivity contribution in [2.75, 3.05) is 46.2 Å². The molecule has 6 heteroatoms. The van der Waals surface area contributed by atoms with Gasteiger partial charge in [0.15, 0.2) is 0 Å². The van der Waals surface area contributed by atoms with Crippen molar-refractivity contribution in [2.45, 2.75) is 90.4 Å². The topological polar surface area (TPSA) is 65.1 Å². The van der Waals surface area contributed by atoms with Gasteiger partial charge in [0.2, 0.25) is 0 Å². The number of hydrogen-bond acceptors (Lipinski definition) is 5. The van der Waals surface area contributed by atoms with Crippen LogP contribution in [0.25, 0.3) is 0 Å². The Labute approximate surface area is 212 Å². The van der Waals surface area contributed by atoms with Crippen LogP contribution in [0.2, 0.25) is 0 Å². The Morgan fingerprint density at radius 3 is 1.43 bits per heavy atom. The summed E-state index contributed by atoms with van der Waals surface area (Å²) in [5, 5.41) is 0. The third-order valence-electron chi connectivity index (χ3n) is 6.47. The van der Waals surface area contributed by atoms with E-state index in [1.807, 2.05) is 0 Å². The lowest BCUT2D eigenvalue weighted by Gasteiger charge is -2.13. The molecular weight excluding hydrogens is 442 g/mol. The number of unbranched alkanes of at least 4 members (excludes halogenated alkanes) is 12. The summed E-state index contributed by atoms with van der Waals surface area (Å²) in [7, 11) is 0. The Morgan fingerprint density at radius 2 is 0.943 bits per heavy atom. The van der Waals surface area contributed by atoms with Crippen LogP contribution < -0.4 is 0 Å². The molecule has 0 saturated heterocycles.